The van der Waals surface area contributed by atoms with Gasteiger partial charge in [0.1, 0.15) is 5.69 Å². The van der Waals surface area contributed by atoms with Gasteiger partial charge in [-0.1, -0.05) is 11.6 Å². The molecule has 6 nitrogen and oxygen atoms in total. The van der Waals surface area contributed by atoms with E-state index in [0.29, 0.717) is 6.54 Å². The van der Waals surface area contributed by atoms with E-state index in [1.165, 1.54) is 6.07 Å². The van der Waals surface area contributed by atoms with Crippen molar-refractivity contribution in [3.8, 4) is 0 Å². The van der Waals surface area contributed by atoms with Gasteiger partial charge in [0, 0.05) is 18.2 Å². The first-order valence-electron chi connectivity index (χ1n) is 5.93. The van der Waals surface area contributed by atoms with Gasteiger partial charge in [-0.05, 0) is 34.9 Å². The molecule has 0 saturated carbocycles. The number of halogens is 1. The molecule has 0 unspecified atom stereocenters. The van der Waals surface area contributed by atoms with Crippen molar-refractivity contribution in [2.75, 3.05) is 5.73 Å². The summed E-state index contributed by atoms with van der Waals surface area (Å²) in [6, 6.07) is 2.44. The average molecular weight is 326 g/mol. The predicted molar refractivity (Wildman–Crippen MR) is 82.7 cm³/mol. The third-order valence-electron chi connectivity index (χ3n) is 2.97. The van der Waals surface area contributed by atoms with Crippen LogP contribution in [0.2, 0.25) is 5.02 Å². The number of carbonyl (C=O) groups excluding carboxylic acids is 1. The first-order valence-corrected chi connectivity index (χ1v) is 7.25. The number of benzene rings is 1. The summed E-state index contributed by atoms with van der Waals surface area (Å²) in [6.07, 6.45) is 0. The Morgan fingerprint density at radius 3 is 2.76 bits per heavy atom. The second-order valence-corrected chi connectivity index (χ2v) is 5.56. The van der Waals surface area contributed by atoms with Crippen LogP contribution < -0.4 is 11.1 Å². The second-order valence-electron chi connectivity index (χ2n) is 4.41. The van der Waals surface area contributed by atoms with Gasteiger partial charge < -0.3 is 11.1 Å². The Bertz CT molecular complexity index is 715. The number of hydrogen-bond acceptors (Lipinski definition) is 5. The summed E-state index contributed by atoms with van der Waals surface area (Å²) in [5, 5.41) is 17.5. The minimum Gasteiger partial charge on any atom is -0.392 e. The number of nitrogen functional groups attached to an aromatic ring is 1. The summed E-state index contributed by atoms with van der Waals surface area (Å²) in [5.74, 6) is -0.439. The SMILES string of the molecule is Cc1cscc1CNC(=O)c1cc(Cl)c(N)c([N+](=O)[O-])c1. The monoisotopic (exact) mass is 325 g/mol. The van der Waals surface area contributed by atoms with E-state index in [9.17, 15) is 14.9 Å². The number of nitrogens with zero attached hydrogens (tertiary/aromatic N) is 1. The van der Waals surface area contributed by atoms with Crippen molar-refractivity contribution in [1.82, 2.24) is 5.32 Å². The normalized spacial score (nSPS) is 10.4. The van der Waals surface area contributed by atoms with Crippen LogP contribution in [0, 0.1) is 17.0 Å². The molecule has 0 aliphatic heterocycles. The van der Waals surface area contributed by atoms with E-state index in [-0.39, 0.29) is 22.0 Å². The Hall–Kier alpha value is -2.12. The highest BCUT2D eigenvalue weighted by molar-refractivity contribution is 7.08. The molecule has 0 aliphatic carbocycles. The second kappa shape index (κ2) is 6.11. The summed E-state index contributed by atoms with van der Waals surface area (Å²) in [6.45, 7) is 2.30. The van der Waals surface area contributed by atoms with Crippen molar-refractivity contribution in [3.05, 3.63) is 54.7 Å². The molecule has 0 spiro atoms. The molecular weight excluding hydrogens is 314 g/mol. The van der Waals surface area contributed by atoms with Gasteiger partial charge in [-0.2, -0.15) is 11.3 Å². The number of thiophene rings is 1. The molecule has 1 aromatic heterocycles. The van der Waals surface area contributed by atoms with Crippen LogP contribution in [0.3, 0.4) is 0 Å². The number of hydrogen-bond donors (Lipinski definition) is 2. The van der Waals surface area contributed by atoms with E-state index >= 15 is 0 Å². The van der Waals surface area contributed by atoms with Crippen LogP contribution in [0.5, 0.6) is 0 Å². The van der Waals surface area contributed by atoms with Crippen LogP contribution in [0.25, 0.3) is 0 Å². The summed E-state index contributed by atoms with van der Waals surface area (Å²) < 4.78 is 0. The molecule has 0 bridgehead atoms. The lowest BCUT2D eigenvalue weighted by molar-refractivity contribution is -0.383. The molecule has 0 saturated heterocycles. The lowest BCUT2D eigenvalue weighted by atomic mass is 10.1. The highest BCUT2D eigenvalue weighted by Gasteiger charge is 2.19. The number of nitro groups is 1. The molecule has 0 atom stereocenters. The lowest BCUT2D eigenvalue weighted by Gasteiger charge is -2.07. The number of anilines is 1. The molecule has 21 heavy (non-hydrogen) atoms. The smallest absolute Gasteiger partial charge is 0.294 e. The average Bonchev–Trinajstić information content (AvgIpc) is 2.84. The third-order valence-corrected chi connectivity index (χ3v) is 4.19. The van der Waals surface area contributed by atoms with Gasteiger partial charge in [0.25, 0.3) is 11.6 Å². The van der Waals surface area contributed by atoms with Crippen LogP contribution >= 0.6 is 22.9 Å². The molecule has 2 aromatic rings. The van der Waals surface area contributed by atoms with E-state index in [1.54, 1.807) is 11.3 Å². The molecule has 8 heteroatoms. The van der Waals surface area contributed by atoms with Gasteiger partial charge in [0.2, 0.25) is 0 Å². The fourth-order valence-corrected chi connectivity index (χ4v) is 2.80. The molecule has 1 amide bonds. The Labute approximate surface area is 129 Å². The summed E-state index contributed by atoms with van der Waals surface area (Å²) in [4.78, 5) is 22.3. The number of amides is 1. The highest BCUT2D eigenvalue weighted by Crippen LogP contribution is 2.30. The number of nitrogens with one attached hydrogen (secondary N) is 1. The van der Waals surface area contributed by atoms with E-state index in [1.807, 2.05) is 17.7 Å². The van der Waals surface area contributed by atoms with E-state index < -0.39 is 10.8 Å². The number of nitro benzene ring substituents is 1. The van der Waals surface area contributed by atoms with Crippen LogP contribution in [0.15, 0.2) is 22.9 Å². The third kappa shape index (κ3) is 3.32. The number of nitrogens with two attached hydrogens (primary N) is 1. The molecule has 0 radical (unpaired) electrons. The van der Waals surface area contributed by atoms with E-state index in [0.717, 1.165) is 17.2 Å². The van der Waals surface area contributed by atoms with Crippen LogP contribution in [0.1, 0.15) is 21.5 Å². The number of carbonyl (C=O) groups is 1. The zero-order chi connectivity index (χ0) is 15.6. The highest BCUT2D eigenvalue weighted by atomic mass is 35.5. The lowest BCUT2D eigenvalue weighted by Crippen LogP contribution is -2.23. The Morgan fingerprint density at radius 2 is 2.19 bits per heavy atom. The van der Waals surface area contributed by atoms with Crippen molar-refractivity contribution in [2.45, 2.75) is 13.5 Å². The Balaban J connectivity index is 2.20. The molecule has 3 N–H and O–H groups in total. The fraction of sp³-hybridized carbons (Fsp3) is 0.154. The van der Waals surface area contributed by atoms with Gasteiger partial charge in [-0.15, -0.1) is 0 Å². The van der Waals surface area contributed by atoms with Crippen molar-refractivity contribution in [3.63, 3.8) is 0 Å². The van der Waals surface area contributed by atoms with Crippen molar-refractivity contribution in [2.24, 2.45) is 0 Å². The maximum absolute atomic E-state index is 12.1. The van der Waals surface area contributed by atoms with Gasteiger partial charge in [-0.3, -0.25) is 14.9 Å². The van der Waals surface area contributed by atoms with Gasteiger partial charge >= 0.3 is 0 Å². The molecule has 2 rings (SSSR count). The largest absolute Gasteiger partial charge is 0.392 e. The maximum atomic E-state index is 12.1. The fourth-order valence-electron chi connectivity index (χ4n) is 1.73. The van der Waals surface area contributed by atoms with Gasteiger partial charge in [0.05, 0.1) is 9.95 Å². The summed E-state index contributed by atoms with van der Waals surface area (Å²) >= 11 is 7.37. The predicted octanol–water partition coefficient (Wildman–Crippen LogP) is 3.13. The topological polar surface area (TPSA) is 98.3 Å². The Morgan fingerprint density at radius 1 is 1.48 bits per heavy atom. The van der Waals surface area contributed by atoms with E-state index in [2.05, 4.69) is 5.32 Å². The maximum Gasteiger partial charge on any atom is 0.294 e. The van der Waals surface area contributed by atoms with Crippen molar-refractivity contribution >= 4 is 40.2 Å². The molecule has 0 aliphatic rings. The van der Waals surface area contributed by atoms with Crippen LogP contribution in [-0.2, 0) is 6.54 Å². The first kappa shape index (κ1) is 15.3. The molecular formula is C13H12ClN3O3S. The standard InChI is InChI=1S/C13H12ClN3O3S/c1-7-5-21-6-9(7)4-16-13(18)8-2-10(14)12(15)11(3-8)17(19)20/h2-3,5-6H,4,15H2,1H3,(H,16,18). The number of aryl methyl sites for hydroxylation is 1. The quantitative estimate of drug-likeness (QED) is 0.512. The molecule has 1 aromatic carbocycles. The minimum absolute atomic E-state index is 0.0129. The zero-order valence-electron chi connectivity index (χ0n) is 11.1. The molecule has 110 valence electrons. The van der Waals surface area contributed by atoms with Crippen LogP contribution in [-0.4, -0.2) is 10.8 Å². The van der Waals surface area contributed by atoms with Crippen molar-refractivity contribution in [1.29, 1.82) is 0 Å². The minimum atomic E-state index is -0.666. The van der Waals surface area contributed by atoms with E-state index in [4.69, 9.17) is 17.3 Å². The summed E-state index contributed by atoms with van der Waals surface area (Å²) in [7, 11) is 0. The summed E-state index contributed by atoms with van der Waals surface area (Å²) in [5.41, 5.74) is 7.19. The molecule has 1 heterocycles. The van der Waals surface area contributed by atoms with Gasteiger partial charge in [0.15, 0.2) is 0 Å². The van der Waals surface area contributed by atoms with Crippen molar-refractivity contribution < 1.29 is 9.72 Å². The van der Waals surface area contributed by atoms with Crippen LogP contribution in [0.4, 0.5) is 11.4 Å². The molecule has 0 fully saturated rings. The zero-order valence-corrected chi connectivity index (χ0v) is 12.6. The van der Waals surface area contributed by atoms with Gasteiger partial charge in [-0.25, -0.2) is 0 Å². The Kier molecular flexibility index (Phi) is 4.44. The number of rotatable bonds is 4. The first-order chi connectivity index (χ1) is 9.90.